The van der Waals surface area contributed by atoms with E-state index < -0.39 is 0 Å². The van der Waals surface area contributed by atoms with Crippen molar-refractivity contribution < 1.29 is 0 Å². The van der Waals surface area contributed by atoms with Crippen LogP contribution in [0, 0.1) is 46.3 Å². The van der Waals surface area contributed by atoms with E-state index in [0.29, 0.717) is 0 Å². The highest BCUT2D eigenvalue weighted by atomic mass is 14.3. The van der Waals surface area contributed by atoms with Crippen molar-refractivity contribution >= 4 is 0 Å². The Hall–Kier alpha value is -1.46. The van der Waals surface area contributed by atoms with Crippen molar-refractivity contribution in [3.05, 3.63) is 0 Å². The number of hydrogen-bond donors (Lipinski definition) is 0. The van der Waals surface area contributed by atoms with Gasteiger partial charge in [-0.1, -0.05) is 5.92 Å². The fraction of sp³-hybridized carbons (Fsp3) is 0.500. The van der Waals surface area contributed by atoms with Crippen molar-refractivity contribution in [3.63, 3.8) is 0 Å². The van der Waals surface area contributed by atoms with Crippen LogP contribution in [0.4, 0.5) is 0 Å². The molecule has 0 fully saturated rings. The van der Waals surface area contributed by atoms with Crippen molar-refractivity contribution in [2.24, 2.45) is 11.8 Å². The molecule has 0 N–H and O–H groups in total. The SMILES string of the molecule is N#CC1C#CCCC1C#N. The van der Waals surface area contributed by atoms with Gasteiger partial charge in [0.2, 0.25) is 0 Å². The second-order valence-corrected chi connectivity index (χ2v) is 2.20. The van der Waals surface area contributed by atoms with E-state index in [-0.39, 0.29) is 11.8 Å². The maximum absolute atomic E-state index is 8.52. The molecule has 2 atom stereocenters. The minimum absolute atomic E-state index is 0.161. The summed E-state index contributed by atoms with van der Waals surface area (Å²) in [4.78, 5) is 0. The average Bonchev–Trinajstić information content (AvgIpc) is 2.04. The zero-order chi connectivity index (χ0) is 7.40. The molecule has 0 bridgehead atoms. The Labute approximate surface area is 60.1 Å². The smallest absolute Gasteiger partial charge is 0.123 e. The summed E-state index contributed by atoms with van der Waals surface area (Å²) in [5.41, 5.74) is 0. The van der Waals surface area contributed by atoms with Gasteiger partial charge in [0, 0.05) is 6.42 Å². The molecule has 0 heterocycles. The number of rotatable bonds is 0. The predicted octanol–water partition coefficient (Wildman–Crippen LogP) is 1.06. The van der Waals surface area contributed by atoms with Crippen LogP contribution >= 0.6 is 0 Å². The summed E-state index contributed by atoms with van der Waals surface area (Å²) in [5.74, 6) is 5.05. The van der Waals surface area contributed by atoms with Gasteiger partial charge in [-0.15, -0.1) is 5.92 Å². The van der Waals surface area contributed by atoms with Gasteiger partial charge in [0.05, 0.1) is 18.1 Å². The third-order valence-corrected chi connectivity index (χ3v) is 1.55. The van der Waals surface area contributed by atoms with E-state index in [0.717, 1.165) is 12.8 Å². The molecule has 0 spiro atoms. The van der Waals surface area contributed by atoms with E-state index in [9.17, 15) is 0 Å². The molecule has 48 valence electrons. The average molecular weight is 130 g/mol. The van der Waals surface area contributed by atoms with Crippen molar-refractivity contribution in [2.75, 3.05) is 0 Å². The van der Waals surface area contributed by atoms with Gasteiger partial charge < -0.3 is 0 Å². The molecule has 0 aliphatic heterocycles. The molecule has 2 nitrogen and oxygen atoms in total. The highest BCUT2D eigenvalue weighted by Gasteiger charge is 2.20. The van der Waals surface area contributed by atoms with Gasteiger partial charge in [0.15, 0.2) is 0 Å². The van der Waals surface area contributed by atoms with Crippen LogP contribution in [0.3, 0.4) is 0 Å². The van der Waals surface area contributed by atoms with Gasteiger partial charge in [0.25, 0.3) is 0 Å². The third-order valence-electron chi connectivity index (χ3n) is 1.55. The molecule has 2 unspecified atom stereocenters. The molecule has 0 saturated carbocycles. The third kappa shape index (κ3) is 1.09. The van der Waals surface area contributed by atoms with E-state index in [2.05, 4.69) is 17.9 Å². The zero-order valence-corrected chi connectivity index (χ0v) is 5.46. The summed E-state index contributed by atoms with van der Waals surface area (Å²) in [5, 5.41) is 17.0. The fourth-order valence-electron chi connectivity index (χ4n) is 0.938. The molecule has 0 aromatic carbocycles. The topological polar surface area (TPSA) is 47.6 Å². The molecule has 1 rings (SSSR count). The van der Waals surface area contributed by atoms with E-state index in [4.69, 9.17) is 10.5 Å². The lowest BCUT2D eigenvalue weighted by Gasteiger charge is -2.10. The van der Waals surface area contributed by atoms with Crippen LogP contribution in [-0.4, -0.2) is 0 Å². The second-order valence-electron chi connectivity index (χ2n) is 2.20. The Balaban J connectivity index is 2.76. The first-order valence-electron chi connectivity index (χ1n) is 3.16. The van der Waals surface area contributed by atoms with Crippen LogP contribution in [0.2, 0.25) is 0 Å². The van der Waals surface area contributed by atoms with Gasteiger partial charge in [0.1, 0.15) is 5.92 Å². The van der Waals surface area contributed by atoms with Crippen molar-refractivity contribution in [1.82, 2.24) is 0 Å². The predicted molar refractivity (Wildman–Crippen MR) is 35.2 cm³/mol. The first-order chi connectivity index (χ1) is 4.88. The summed E-state index contributed by atoms with van der Waals surface area (Å²) in [6, 6.07) is 4.09. The first-order valence-corrected chi connectivity index (χ1v) is 3.16. The largest absolute Gasteiger partial charge is 0.198 e. The highest BCUT2D eigenvalue weighted by molar-refractivity contribution is 5.20. The fourth-order valence-corrected chi connectivity index (χ4v) is 0.938. The lowest BCUT2D eigenvalue weighted by molar-refractivity contribution is 0.540. The van der Waals surface area contributed by atoms with Crippen molar-refractivity contribution in [2.45, 2.75) is 12.8 Å². The van der Waals surface area contributed by atoms with Crippen LogP contribution in [0.15, 0.2) is 0 Å². The van der Waals surface area contributed by atoms with Gasteiger partial charge in [-0.2, -0.15) is 10.5 Å². The number of hydrogen-bond acceptors (Lipinski definition) is 2. The van der Waals surface area contributed by atoms with Gasteiger partial charge in [-0.3, -0.25) is 0 Å². The van der Waals surface area contributed by atoms with Crippen molar-refractivity contribution in [1.29, 1.82) is 10.5 Å². The first kappa shape index (κ1) is 6.66. The summed E-state index contributed by atoms with van der Waals surface area (Å²) >= 11 is 0. The van der Waals surface area contributed by atoms with Crippen LogP contribution in [-0.2, 0) is 0 Å². The Kier molecular flexibility index (Phi) is 1.93. The van der Waals surface area contributed by atoms with E-state index >= 15 is 0 Å². The highest BCUT2D eigenvalue weighted by Crippen LogP contribution is 2.18. The van der Waals surface area contributed by atoms with Gasteiger partial charge in [-0.25, -0.2) is 0 Å². The van der Waals surface area contributed by atoms with Crippen LogP contribution < -0.4 is 0 Å². The maximum Gasteiger partial charge on any atom is 0.123 e. The van der Waals surface area contributed by atoms with Crippen LogP contribution in [0.1, 0.15) is 12.8 Å². The quantitative estimate of drug-likeness (QED) is 0.460. The monoisotopic (exact) mass is 130 g/mol. The number of nitrogens with zero attached hydrogens (tertiary/aromatic N) is 2. The molecule has 2 heteroatoms. The van der Waals surface area contributed by atoms with E-state index in [1.807, 2.05) is 6.07 Å². The Morgan fingerprint density at radius 1 is 1.30 bits per heavy atom. The minimum Gasteiger partial charge on any atom is -0.198 e. The van der Waals surface area contributed by atoms with Crippen LogP contribution in [0.25, 0.3) is 0 Å². The molecule has 0 saturated heterocycles. The van der Waals surface area contributed by atoms with Gasteiger partial charge >= 0.3 is 0 Å². The summed E-state index contributed by atoms with van der Waals surface area (Å²) < 4.78 is 0. The Morgan fingerprint density at radius 2 is 2.10 bits per heavy atom. The molecule has 0 aromatic rings. The van der Waals surface area contributed by atoms with Crippen LogP contribution in [0.5, 0.6) is 0 Å². The lowest BCUT2D eigenvalue weighted by Crippen LogP contribution is -2.11. The molecule has 0 radical (unpaired) electrons. The Bertz CT molecular complexity index is 256. The van der Waals surface area contributed by atoms with Gasteiger partial charge in [-0.05, 0) is 6.42 Å². The molecular formula is C8H6N2. The van der Waals surface area contributed by atoms with E-state index in [1.165, 1.54) is 0 Å². The molecule has 1 aliphatic rings. The number of nitriles is 2. The normalized spacial score (nSPS) is 29.0. The standard InChI is InChI=1S/C8H6N2/c9-5-7-3-1-2-4-8(7)6-10/h7-8H,1,3H2. The minimum atomic E-state index is -0.348. The summed E-state index contributed by atoms with van der Waals surface area (Å²) in [7, 11) is 0. The molecule has 0 aromatic heterocycles. The lowest BCUT2D eigenvalue weighted by atomic mass is 9.88. The summed E-state index contributed by atoms with van der Waals surface area (Å²) in [6.07, 6.45) is 1.51. The Morgan fingerprint density at radius 3 is 2.60 bits per heavy atom. The second kappa shape index (κ2) is 2.90. The van der Waals surface area contributed by atoms with E-state index in [1.54, 1.807) is 0 Å². The molecule has 1 aliphatic carbocycles. The molecule has 10 heavy (non-hydrogen) atoms. The van der Waals surface area contributed by atoms with Crippen molar-refractivity contribution in [3.8, 4) is 24.0 Å². The summed E-state index contributed by atoms with van der Waals surface area (Å²) in [6.45, 7) is 0. The zero-order valence-electron chi connectivity index (χ0n) is 5.46. The maximum atomic E-state index is 8.52. The molecular weight excluding hydrogens is 124 g/mol. The molecule has 0 amide bonds.